The van der Waals surface area contributed by atoms with Crippen molar-refractivity contribution in [1.29, 1.82) is 0 Å². The zero-order valence-corrected chi connectivity index (χ0v) is 9.49. The average Bonchev–Trinajstić information content (AvgIpc) is 2.27. The van der Waals surface area contributed by atoms with Crippen molar-refractivity contribution in [3.8, 4) is 0 Å². The van der Waals surface area contributed by atoms with Gasteiger partial charge < -0.3 is 15.7 Å². The Balaban J connectivity index is 2.48. The van der Waals surface area contributed by atoms with E-state index in [1.165, 1.54) is 6.20 Å². The molecule has 0 bridgehead atoms. The van der Waals surface area contributed by atoms with Gasteiger partial charge in [0, 0.05) is 12.7 Å². The Morgan fingerprint density at radius 1 is 1.32 bits per heavy atom. The van der Waals surface area contributed by atoms with E-state index in [4.69, 9.17) is 5.11 Å². The summed E-state index contributed by atoms with van der Waals surface area (Å²) in [6.07, 6.45) is -3.24. The van der Waals surface area contributed by atoms with E-state index in [1.807, 2.05) is 5.32 Å². The maximum atomic E-state index is 11.8. The highest BCUT2D eigenvalue weighted by Gasteiger charge is 2.26. The Hall–Kier alpha value is -2.32. The standard InChI is InChI=1S/C10H10F3N3O3/c11-10(12,13)1-2-15-9(19)16-7-3-6(8(17)18)4-14-5-7/h3-5H,1-2H2,(H,17,18)(H2,15,16,19). The van der Waals surface area contributed by atoms with Crippen molar-refractivity contribution < 1.29 is 27.9 Å². The molecule has 1 aromatic heterocycles. The Morgan fingerprint density at radius 2 is 2.00 bits per heavy atom. The summed E-state index contributed by atoms with van der Waals surface area (Å²) in [6, 6.07) is 0.271. The molecule has 0 radical (unpaired) electrons. The second kappa shape index (κ2) is 6.03. The first-order chi connectivity index (χ1) is 8.78. The number of carbonyl (C=O) groups excluding carboxylic acids is 1. The summed E-state index contributed by atoms with van der Waals surface area (Å²) >= 11 is 0. The largest absolute Gasteiger partial charge is 0.478 e. The fraction of sp³-hybridized carbons (Fsp3) is 0.300. The number of aromatic nitrogens is 1. The van der Waals surface area contributed by atoms with E-state index in [1.54, 1.807) is 0 Å². The molecule has 1 rings (SSSR count). The average molecular weight is 277 g/mol. The highest BCUT2D eigenvalue weighted by molar-refractivity contribution is 5.92. The van der Waals surface area contributed by atoms with Crippen LogP contribution in [0.2, 0.25) is 0 Å². The molecule has 1 aromatic rings. The number of nitrogens with zero attached hydrogens (tertiary/aromatic N) is 1. The van der Waals surface area contributed by atoms with Gasteiger partial charge in [-0.15, -0.1) is 0 Å². The second-order valence-electron chi connectivity index (χ2n) is 3.51. The Labute approximate surface area is 105 Å². The number of carboxylic acids is 1. The Morgan fingerprint density at radius 3 is 2.58 bits per heavy atom. The van der Waals surface area contributed by atoms with Crippen LogP contribution in [0.15, 0.2) is 18.5 Å². The molecule has 3 N–H and O–H groups in total. The van der Waals surface area contributed by atoms with E-state index in [0.717, 1.165) is 12.3 Å². The summed E-state index contributed by atoms with van der Waals surface area (Å²) in [4.78, 5) is 25.4. The number of hydrogen-bond acceptors (Lipinski definition) is 3. The summed E-state index contributed by atoms with van der Waals surface area (Å²) < 4.78 is 35.5. The first kappa shape index (κ1) is 14.7. The molecule has 0 aliphatic carbocycles. The number of urea groups is 1. The van der Waals surface area contributed by atoms with Crippen molar-refractivity contribution in [2.45, 2.75) is 12.6 Å². The van der Waals surface area contributed by atoms with E-state index < -0.39 is 31.1 Å². The summed E-state index contributed by atoms with van der Waals surface area (Å²) in [5, 5.41) is 12.9. The van der Waals surface area contributed by atoms with Gasteiger partial charge in [-0.3, -0.25) is 4.98 Å². The van der Waals surface area contributed by atoms with Gasteiger partial charge in [0.25, 0.3) is 0 Å². The third-order valence-electron chi connectivity index (χ3n) is 1.94. The van der Waals surface area contributed by atoms with Crippen LogP contribution < -0.4 is 10.6 Å². The van der Waals surface area contributed by atoms with Crippen LogP contribution in [0.25, 0.3) is 0 Å². The number of anilines is 1. The molecule has 0 atom stereocenters. The number of aromatic carboxylic acids is 1. The molecule has 0 aliphatic heterocycles. The predicted octanol–water partition coefficient (Wildman–Crippen LogP) is 1.85. The van der Waals surface area contributed by atoms with Crippen molar-refractivity contribution in [3.05, 3.63) is 24.0 Å². The monoisotopic (exact) mass is 277 g/mol. The molecule has 1 heterocycles. The first-order valence-electron chi connectivity index (χ1n) is 5.08. The maximum Gasteiger partial charge on any atom is 0.390 e. The number of nitrogens with one attached hydrogen (secondary N) is 2. The van der Waals surface area contributed by atoms with Crippen LogP contribution in [0, 0.1) is 0 Å². The summed E-state index contributed by atoms with van der Waals surface area (Å²) in [5.41, 5.74) is -0.0718. The molecule has 19 heavy (non-hydrogen) atoms. The predicted molar refractivity (Wildman–Crippen MR) is 58.9 cm³/mol. The van der Waals surface area contributed by atoms with Gasteiger partial charge >= 0.3 is 18.2 Å². The molecular weight excluding hydrogens is 267 g/mol. The molecule has 6 nitrogen and oxygen atoms in total. The molecule has 0 spiro atoms. The number of pyridine rings is 1. The van der Waals surface area contributed by atoms with Crippen molar-refractivity contribution in [1.82, 2.24) is 10.3 Å². The number of carbonyl (C=O) groups is 2. The summed E-state index contributed by atoms with van der Waals surface area (Å²) in [7, 11) is 0. The normalized spacial score (nSPS) is 10.9. The van der Waals surface area contributed by atoms with Gasteiger partial charge in [-0.1, -0.05) is 0 Å². The van der Waals surface area contributed by atoms with Gasteiger partial charge in [-0.05, 0) is 6.07 Å². The molecule has 0 saturated carbocycles. The van der Waals surface area contributed by atoms with Crippen LogP contribution in [-0.4, -0.2) is 34.8 Å². The SMILES string of the molecule is O=C(NCCC(F)(F)F)Nc1cncc(C(=O)O)c1. The van der Waals surface area contributed by atoms with Crippen molar-refractivity contribution in [2.24, 2.45) is 0 Å². The smallest absolute Gasteiger partial charge is 0.390 e. The number of halogens is 3. The minimum atomic E-state index is -4.35. The van der Waals surface area contributed by atoms with Gasteiger partial charge in [0.2, 0.25) is 0 Å². The number of alkyl halides is 3. The topological polar surface area (TPSA) is 91.3 Å². The number of rotatable bonds is 4. The van der Waals surface area contributed by atoms with Crippen molar-refractivity contribution >= 4 is 17.7 Å². The van der Waals surface area contributed by atoms with Crippen LogP contribution >= 0.6 is 0 Å². The molecule has 0 fully saturated rings. The zero-order valence-electron chi connectivity index (χ0n) is 9.49. The summed E-state index contributed by atoms with van der Waals surface area (Å²) in [6.45, 7) is -0.568. The second-order valence-corrected chi connectivity index (χ2v) is 3.51. The molecule has 9 heteroatoms. The molecule has 0 aromatic carbocycles. The molecule has 0 aliphatic rings. The number of carboxylic acid groups (broad SMARTS) is 1. The maximum absolute atomic E-state index is 11.8. The lowest BCUT2D eigenvalue weighted by Crippen LogP contribution is -2.31. The van der Waals surface area contributed by atoms with Crippen LogP contribution in [0.5, 0.6) is 0 Å². The molecular formula is C10H10F3N3O3. The van der Waals surface area contributed by atoms with Gasteiger partial charge in [0.05, 0.1) is 23.9 Å². The fourth-order valence-electron chi connectivity index (χ4n) is 1.12. The third kappa shape index (κ3) is 5.70. The molecule has 2 amide bonds. The van der Waals surface area contributed by atoms with Crippen LogP contribution in [0.4, 0.5) is 23.7 Å². The molecule has 0 unspecified atom stereocenters. The van der Waals surface area contributed by atoms with E-state index >= 15 is 0 Å². The van der Waals surface area contributed by atoms with E-state index in [9.17, 15) is 22.8 Å². The minimum absolute atomic E-state index is 0.0735. The van der Waals surface area contributed by atoms with E-state index in [-0.39, 0.29) is 11.3 Å². The van der Waals surface area contributed by atoms with Gasteiger partial charge in [-0.25, -0.2) is 9.59 Å². The van der Waals surface area contributed by atoms with Gasteiger partial charge in [-0.2, -0.15) is 13.2 Å². The van der Waals surface area contributed by atoms with Gasteiger partial charge in [0.15, 0.2) is 0 Å². The lowest BCUT2D eigenvalue weighted by atomic mass is 10.3. The number of amides is 2. The molecule has 104 valence electrons. The minimum Gasteiger partial charge on any atom is -0.478 e. The van der Waals surface area contributed by atoms with E-state index in [0.29, 0.717) is 0 Å². The van der Waals surface area contributed by atoms with Crippen LogP contribution in [0.3, 0.4) is 0 Å². The zero-order chi connectivity index (χ0) is 14.5. The first-order valence-corrected chi connectivity index (χ1v) is 5.08. The lowest BCUT2D eigenvalue weighted by molar-refractivity contribution is -0.132. The fourth-order valence-corrected chi connectivity index (χ4v) is 1.12. The van der Waals surface area contributed by atoms with E-state index in [2.05, 4.69) is 10.3 Å². The van der Waals surface area contributed by atoms with Crippen LogP contribution in [-0.2, 0) is 0 Å². The lowest BCUT2D eigenvalue weighted by Gasteiger charge is -2.09. The van der Waals surface area contributed by atoms with Gasteiger partial charge in [0.1, 0.15) is 0 Å². The summed E-state index contributed by atoms with van der Waals surface area (Å²) in [5.74, 6) is -1.23. The van der Waals surface area contributed by atoms with Crippen molar-refractivity contribution in [2.75, 3.05) is 11.9 Å². The highest BCUT2D eigenvalue weighted by Crippen LogP contribution is 2.18. The van der Waals surface area contributed by atoms with Crippen molar-refractivity contribution in [3.63, 3.8) is 0 Å². The van der Waals surface area contributed by atoms with Crippen LogP contribution in [0.1, 0.15) is 16.8 Å². The Kier molecular flexibility index (Phi) is 4.67. The Bertz CT molecular complexity index is 477. The quantitative estimate of drug-likeness (QED) is 0.783. The number of hydrogen-bond donors (Lipinski definition) is 3. The molecule has 0 saturated heterocycles. The third-order valence-corrected chi connectivity index (χ3v) is 1.94. The highest BCUT2D eigenvalue weighted by atomic mass is 19.4.